The number of hydrogen-bond acceptors (Lipinski definition) is 3. The van der Waals surface area contributed by atoms with Crippen molar-refractivity contribution in [2.75, 3.05) is 0 Å². The number of hydrogen-bond donors (Lipinski definition) is 3. The molecule has 0 saturated carbocycles. The number of carboxylic acid groups (broad SMARTS) is 1. The normalized spacial score (nSPS) is 13.6. The van der Waals surface area contributed by atoms with Crippen LogP contribution in [0.4, 0.5) is 8.78 Å². The third kappa shape index (κ3) is 3.74. The molecule has 2 atom stereocenters. The quantitative estimate of drug-likeness (QED) is 0.737. The molecule has 1 aromatic rings. The summed E-state index contributed by atoms with van der Waals surface area (Å²) in [6.45, 7) is 1.73. The van der Waals surface area contributed by atoms with Gasteiger partial charge in [0, 0.05) is 5.56 Å². The minimum absolute atomic E-state index is 0.166. The van der Waals surface area contributed by atoms with Crippen LogP contribution in [0.2, 0.25) is 0 Å². The van der Waals surface area contributed by atoms with Crippen molar-refractivity contribution in [3.8, 4) is 0 Å². The summed E-state index contributed by atoms with van der Waals surface area (Å²) >= 11 is 0. The van der Waals surface area contributed by atoms with Gasteiger partial charge in [0.15, 0.2) is 17.7 Å². The standard InChI is InChI=1S/C13H15F2NO4/c1-2-4-9(13(19)20)16-12(18)11(17)7-5-3-6-8(14)10(7)15/h3,5-6,9,11,17H,2,4H2,1H3,(H,16,18)(H,19,20). The highest BCUT2D eigenvalue weighted by atomic mass is 19.2. The Morgan fingerprint density at radius 2 is 2.00 bits per heavy atom. The fraction of sp³-hybridized carbons (Fsp3) is 0.385. The monoisotopic (exact) mass is 287 g/mol. The van der Waals surface area contributed by atoms with Gasteiger partial charge in [0.25, 0.3) is 5.91 Å². The second-order valence-corrected chi connectivity index (χ2v) is 4.23. The van der Waals surface area contributed by atoms with E-state index in [1.807, 2.05) is 0 Å². The number of carbonyl (C=O) groups is 2. The first-order chi connectivity index (χ1) is 9.38. The van der Waals surface area contributed by atoms with Gasteiger partial charge in [-0.15, -0.1) is 0 Å². The van der Waals surface area contributed by atoms with Crippen LogP contribution in [0.3, 0.4) is 0 Å². The highest BCUT2D eigenvalue weighted by Gasteiger charge is 2.26. The molecule has 7 heteroatoms. The van der Waals surface area contributed by atoms with Crippen molar-refractivity contribution < 1.29 is 28.6 Å². The molecule has 0 aromatic heterocycles. The molecule has 0 radical (unpaired) electrons. The molecular weight excluding hydrogens is 272 g/mol. The predicted molar refractivity (Wildman–Crippen MR) is 65.8 cm³/mol. The van der Waals surface area contributed by atoms with Gasteiger partial charge in [-0.3, -0.25) is 4.79 Å². The van der Waals surface area contributed by atoms with E-state index in [4.69, 9.17) is 5.11 Å². The van der Waals surface area contributed by atoms with Gasteiger partial charge in [-0.05, 0) is 12.5 Å². The molecule has 0 aliphatic rings. The molecule has 0 aliphatic heterocycles. The average molecular weight is 287 g/mol. The van der Waals surface area contributed by atoms with Gasteiger partial charge in [0.05, 0.1) is 0 Å². The average Bonchev–Trinajstić information content (AvgIpc) is 2.40. The number of aliphatic hydroxyl groups excluding tert-OH is 1. The molecule has 1 aromatic carbocycles. The number of rotatable bonds is 6. The number of halogens is 2. The summed E-state index contributed by atoms with van der Waals surface area (Å²) in [5, 5.41) is 20.6. The summed E-state index contributed by atoms with van der Waals surface area (Å²) in [6.07, 6.45) is -1.30. The molecule has 0 heterocycles. The lowest BCUT2D eigenvalue weighted by atomic mass is 10.1. The Labute approximate surface area is 114 Å². The number of amides is 1. The van der Waals surface area contributed by atoms with E-state index in [0.29, 0.717) is 6.42 Å². The van der Waals surface area contributed by atoms with Gasteiger partial charge >= 0.3 is 5.97 Å². The third-order valence-electron chi connectivity index (χ3n) is 2.72. The van der Waals surface area contributed by atoms with E-state index in [1.165, 1.54) is 0 Å². The van der Waals surface area contributed by atoms with Crippen LogP contribution in [-0.2, 0) is 9.59 Å². The van der Waals surface area contributed by atoms with E-state index < -0.39 is 41.2 Å². The zero-order valence-electron chi connectivity index (χ0n) is 10.8. The van der Waals surface area contributed by atoms with E-state index in [2.05, 4.69) is 5.32 Å². The molecule has 1 amide bonds. The second-order valence-electron chi connectivity index (χ2n) is 4.23. The summed E-state index contributed by atoms with van der Waals surface area (Å²) in [7, 11) is 0. The lowest BCUT2D eigenvalue weighted by molar-refractivity contribution is -0.143. The van der Waals surface area contributed by atoms with Crippen molar-refractivity contribution in [2.24, 2.45) is 0 Å². The first-order valence-corrected chi connectivity index (χ1v) is 6.03. The lowest BCUT2D eigenvalue weighted by Gasteiger charge is -2.17. The highest BCUT2D eigenvalue weighted by molar-refractivity contribution is 5.86. The Balaban J connectivity index is 2.86. The van der Waals surface area contributed by atoms with Crippen molar-refractivity contribution in [3.05, 3.63) is 35.4 Å². The Morgan fingerprint density at radius 3 is 2.55 bits per heavy atom. The first kappa shape index (κ1) is 16.0. The maximum absolute atomic E-state index is 13.4. The van der Waals surface area contributed by atoms with Crippen molar-refractivity contribution in [1.29, 1.82) is 0 Å². The maximum Gasteiger partial charge on any atom is 0.326 e. The van der Waals surface area contributed by atoms with Gasteiger partial charge in [0.1, 0.15) is 6.04 Å². The summed E-state index contributed by atoms with van der Waals surface area (Å²) in [6, 6.07) is 1.86. The van der Waals surface area contributed by atoms with Crippen LogP contribution < -0.4 is 5.32 Å². The molecule has 1 rings (SSSR count). The molecule has 0 spiro atoms. The van der Waals surface area contributed by atoms with Crippen LogP contribution in [-0.4, -0.2) is 28.1 Å². The van der Waals surface area contributed by atoms with Crippen LogP contribution in [0.15, 0.2) is 18.2 Å². The maximum atomic E-state index is 13.4. The second kappa shape index (κ2) is 6.95. The van der Waals surface area contributed by atoms with Crippen molar-refractivity contribution in [1.82, 2.24) is 5.32 Å². The van der Waals surface area contributed by atoms with Gasteiger partial charge in [-0.1, -0.05) is 25.5 Å². The predicted octanol–water partition coefficient (Wildman–Crippen LogP) is 1.37. The van der Waals surface area contributed by atoms with Crippen molar-refractivity contribution >= 4 is 11.9 Å². The summed E-state index contributed by atoms with van der Waals surface area (Å²) in [5.74, 6) is -4.88. The first-order valence-electron chi connectivity index (χ1n) is 6.03. The largest absolute Gasteiger partial charge is 0.480 e. The zero-order valence-corrected chi connectivity index (χ0v) is 10.8. The molecule has 5 nitrogen and oxygen atoms in total. The van der Waals surface area contributed by atoms with Gasteiger partial charge in [-0.2, -0.15) is 0 Å². The van der Waals surface area contributed by atoms with Crippen LogP contribution in [0.1, 0.15) is 31.4 Å². The number of benzene rings is 1. The fourth-order valence-electron chi connectivity index (χ4n) is 1.67. The summed E-state index contributed by atoms with van der Waals surface area (Å²) in [4.78, 5) is 22.6. The molecule has 3 N–H and O–H groups in total. The Bertz CT molecular complexity index is 507. The number of carbonyl (C=O) groups excluding carboxylic acids is 1. The van der Waals surface area contributed by atoms with Crippen LogP contribution in [0.25, 0.3) is 0 Å². The van der Waals surface area contributed by atoms with E-state index >= 15 is 0 Å². The van der Waals surface area contributed by atoms with Crippen molar-refractivity contribution in [2.45, 2.75) is 31.9 Å². The smallest absolute Gasteiger partial charge is 0.326 e. The third-order valence-corrected chi connectivity index (χ3v) is 2.72. The number of aliphatic hydroxyl groups is 1. The van der Waals surface area contributed by atoms with E-state index in [-0.39, 0.29) is 6.42 Å². The molecule has 110 valence electrons. The summed E-state index contributed by atoms with van der Waals surface area (Å²) in [5.41, 5.74) is -0.539. The van der Waals surface area contributed by atoms with Crippen LogP contribution >= 0.6 is 0 Å². The highest BCUT2D eigenvalue weighted by Crippen LogP contribution is 2.19. The van der Waals surface area contributed by atoms with Crippen LogP contribution in [0, 0.1) is 11.6 Å². The summed E-state index contributed by atoms with van der Waals surface area (Å²) < 4.78 is 26.4. The molecular formula is C13H15F2NO4. The van der Waals surface area contributed by atoms with E-state index in [1.54, 1.807) is 6.92 Å². The molecule has 0 fully saturated rings. The molecule has 20 heavy (non-hydrogen) atoms. The van der Waals surface area contributed by atoms with Crippen molar-refractivity contribution in [3.63, 3.8) is 0 Å². The van der Waals surface area contributed by atoms with Gasteiger partial charge < -0.3 is 15.5 Å². The Kier molecular flexibility index (Phi) is 5.57. The van der Waals surface area contributed by atoms with Gasteiger partial charge in [-0.25, -0.2) is 13.6 Å². The fourth-order valence-corrected chi connectivity index (χ4v) is 1.67. The zero-order chi connectivity index (χ0) is 15.3. The number of nitrogens with one attached hydrogen (secondary N) is 1. The minimum atomic E-state index is -1.97. The topological polar surface area (TPSA) is 86.6 Å². The number of carboxylic acids is 1. The van der Waals surface area contributed by atoms with Crippen LogP contribution in [0.5, 0.6) is 0 Å². The molecule has 0 saturated heterocycles. The lowest BCUT2D eigenvalue weighted by Crippen LogP contribution is -2.43. The Hall–Kier alpha value is -2.02. The van der Waals surface area contributed by atoms with Gasteiger partial charge in [0.2, 0.25) is 0 Å². The molecule has 0 bridgehead atoms. The SMILES string of the molecule is CCCC(NC(=O)C(O)c1cccc(F)c1F)C(=O)O. The molecule has 0 aliphatic carbocycles. The van der Waals surface area contributed by atoms with E-state index in [9.17, 15) is 23.5 Å². The molecule has 2 unspecified atom stereocenters. The Morgan fingerprint density at radius 1 is 1.35 bits per heavy atom. The minimum Gasteiger partial charge on any atom is -0.480 e. The number of aliphatic carboxylic acids is 1. The van der Waals surface area contributed by atoms with E-state index in [0.717, 1.165) is 18.2 Å².